The molecule has 5 nitrogen and oxygen atoms in total. The lowest BCUT2D eigenvalue weighted by Gasteiger charge is -2.11. The van der Waals surface area contributed by atoms with Crippen LogP contribution in [0.25, 0.3) is 0 Å². The van der Waals surface area contributed by atoms with Crippen LogP contribution in [0.2, 0.25) is 0 Å². The van der Waals surface area contributed by atoms with Crippen LogP contribution in [-0.4, -0.2) is 37.1 Å². The van der Waals surface area contributed by atoms with E-state index < -0.39 is 5.97 Å². The van der Waals surface area contributed by atoms with Crippen molar-refractivity contribution in [3.8, 4) is 0 Å². The molecule has 0 aliphatic rings. The van der Waals surface area contributed by atoms with Gasteiger partial charge in [0.15, 0.2) is 0 Å². The fourth-order valence-corrected chi connectivity index (χ4v) is 1.72. The summed E-state index contributed by atoms with van der Waals surface area (Å²) in [5, 5.41) is 14.6. The number of aromatic carboxylic acids is 1. The first-order chi connectivity index (χ1) is 9.04. The molecule has 0 radical (unpaired) electrons. The van der Waals surface area contributed by atoms with Crippen molar-refractivity contribution >= 4 is 11.9 Å². The number of hydrogen-bond donors (Lipinski definition) is 3. The Morgan fingerprint density at radius 1 is 1.26 bits per heavy atom. The Labute approximate surface area is 113 Å². The molecule has 1 atom stereocenters. The molecule has 0 saturated heterocycles. The summed E-state index contributed by atoms with van der Waals surface area (Å²) >= 11 is 0. The largest absolute Gasteiger partial charge is 0.478 e. The maximum absolute atomic E-state index is 11.6. The third kappa shape index (κ3) is 5.09. The zero-order chi connectivity index (χ0) is 14.3. The number of carboxylic acid groups (broad SMARTS) is 1. The summed E-state index contributed by atoms with van der Waals surface area (Å²) in [6.07, 6.45) is 0.692. The van der Waals surface area contributed by atoms with Crippen molar-refractivity contribution in [2.24, 2.45) is 5.92 Å². The van der Waals surface area contributed by atoms with Crippen LogP contribution < -0.4 is 10.6 Å². The van der Waals surface area contributed by atoms with Gasteiger partial charge in [-0.1, -0.05) is 19.1 Å². The van der Waals surface area contributed by atoms with Crippen molar-refractivity contribution < 1.29 is 14.7 Å². The third-order valence-corrected chi connectivity index (χ3v) is 2.87. The molecule has 0 heterocycles. The van der Waals surface area contributed by atoms with E-state index >= 15 is 0 Å². The number of amides is 1. The number of nitrogens with one attached hydrogen (secondary N) is 2. The van der Waals surface area contributed by atoms with Gasteiger partial charge < -0.3 is 15.7 Å². The Bertz CT molecular complexity index is 429. The lowest BCUT2D eigenvalue weighted by molar-refractivity contribution is -0.124. The quantitative estimate of drug-likeness (QED) is 0.683. The van der Waals surface area contributed by atoms with Crippen LogP contribution in [-0.2, 0) is 11.2 Å². The topological polar surface area (TPSA) is 78.4 Å². The van der Waals surface area contributed by atoms with Gasteiger partial charge in [-0.3, -0.25) is 4.79 Å². The van der Waals surface area contributed by atoms with Crippen molar-refractivity contribution in [3.63, 3.8) is 0 Å². The minimum atomic E-state index is -0.930. The van der Waals surface area contributed by atoms with Crippen LogP contribution in [0.5, 0.6) is 0 Å². The number of carbonyl (C=O) groups excluding carboxylic acids is 1. The van der Waals surface area contributed by atoms with E-state index in [-0.39, 0.29) is 17.4 Å². The average Bonchev–Trinajstić information content (AvgIpc) is 2.39. The van der Waals surface area contributed by atoms with E-state index in [1.807, 2.05) is 14.0 Å². The smallest absolute Gasteiger partial charge is 0.335 e. The summed E-state index contributed by atoms with van der Waals surface area (Å²) in [4.78, 5) is 22.3. The zero-order valence-corrected chi connectivity index (χ0v) is 11.3. The molecule has 104 valence electrons. The van der Waals surface area contributed by atoms with Crippen molar-refractivity contribution in [1.29, 1.82) is 0 Å². The van der Waals surface area contributed by atoms with Gasteiger partial charge in [0.2, 0.25) is 5.91 Å². The fraction of sp³-hybridized carbons (Fsp3) is 0.429. The Morgan fingerprint density at radius 3 is 2.42 bits per heavy atom. The molecule has 1 rings (SSSR count). The van der Waals surface area contributed by atoms with Gasteiger partial charge in [-0.2, -0.15) is 0 Å². The van der Waals surface area contributed by atoms with E-state index in [9.17, 15) is 9.59 Å². The van der Waals surface area contributed by atoms with Gasteiger partial charge in [0.25, 0.3) is 0 Å². The van der Waals surface area contributed by atoms with E-state index in [2.05, 4.69) is 10.6 Å². The predicted octanol–water partition coefficient (Wildman–Crippen LogP) is 0.899. The number of benzene rings is 1. The maximum atomic E-state index is 11.6. The maximum Gasteiger partial charge on any atom is 0.335 e. The van der Waals surface area contributed by atoms with Crippen LogP contribution in [0.1, 0.15) is 22.8 Å². The summed E-state index contributed by atoms with van der Waals surface area (Å²) < 4.78 is 0. The van der Waals surface area contributed by atoms with Crippen LogP contribution in [0.4, 0.5) is 0 Å². The minimum absolute atomic E-state index is 0.0245. The van der Waals surface area contributed by atoms with E-state index in [1.165, 1.54) is 0 Å². The lowest BCUT2D eigenvalue weighted by atomic mass is 10.1. The van der Waals surface area contributed by atoms with Gasteiger partial charge in [-0.15, -0.1) is 0 Å². The molecule has 1 aromatic rings. The highest BCUT2D eigenvalue weighted by molar-refractivity contribution is 5.87. The normalized spacial score (nSPS) is 11.9. The summed E-state index contributed by atoms with van der Waals surface area (Å²) in [6, 6.07) is 6.69. The Hall–Kier alpha value is -1.88. The Balaban J connectivity index is 2.37. The van der Waals surface area contributed by atoms with Crippen molar-refractivity contribution in [3.05, 3.63) is 35.4 Å². The van der Waals surface area contributed by atoms with E-state index in [0.29, 0.717) is 19.5 Å². The highest BCUT2D eigenvalue weighted by atomic mass is 16.4. The van der Waals surface area contributed by atoms with Gasteiger partial charge in [0.05, 0.1) is 5.56 Å². The molecule has 1 aromatic carbocycles. The van der Waals surface area contributed by atoms with Crippen LogP contribution in [0, 0.1) is 5.92 Å². The molecule has 0 fully saturated rings. The molecule has 0 spiro atoms. The predicted molar refractivity (Wildman–Crippen MR) is 73.2 cm³/mol. The van der Waals surface area contributed by atoms with Gasteiger partial charge in [0.1, 0.15) is 0 Å². The molecule has 0 aliphatic heterocycles. The fourth-order valence-electron chi connectivity index (χ4n) is 1.72. The molecule has 19 heavy (non-hydrogen) atoms. The van der Waals surface area contributed by atoms with Crippen molar-refractivity contribution in [1.82, 2.24) is 10.6 Å². The minimum Gasteiger partial charge on any atom is -0.478 e. The molecule has 1 unspecified atom stereocenters. The van der Waals surface area contributed by atoms with Crippen molar-refractivity contribution in [2.75, 3.05) is 20.1 Å². The van der Waals surface area contributed by atoms with Crippen LogP contribution in [0.3, 0.4) is 0 Å². The first kappa shape index (κ1) is 15.2. The SMILES string of the molecule is CNCC(C)C(=O)NCCc1ccc(C(=O)O)cc1. The number of hydrogen-bond acceptors (Lipinski definition) is 3. The Kier molecular flexibility index (Phi) is 6.02. The van der Waals surface area contributed by atoms with E-state index in [0.717, 1.165) is 5.56 Å². The van der Waals surface area contributed by atoms with Gasteiger partial charge in [0, 0.05) is 19.0 Å². The zero-order valence-electron chi connectivity index (χ0n) is 11.3. The molecule has 0 aromatic heterocycles. The summed E-state index contributed by atoms with van der Waals surface area (Å²) in [7, 11) is 1.81. The molecule has 5 heteroatoms. The van der Waals surface area contributed by atoms with Gasteiger partial charge in [-0.05, 0) is 31.2 Å². The summed E-state index contributed by atoms with van der Waals surface area (Å²) in [5.41, 5.74) is 1.28. The van der Waals surface area contributed by atoms with Gasteiger partial charge >= 0.3 is 5.97 Å². The number of carbonyl (C=O) groups is 2. The first-order valence-corrected chi connectivity index (χ1v) is 6.29. The summed E-state index contributed by atoms with van der Waals surface area (Å²) in [6.45, 7) is 3.08. The van der Waals surface area contributed by atoms with Crippen LogP contribution >= 0.6 is 0 Å². The first-order valence-electron chi connectivity index (χ1n) is 6.29. The highest BCUT2D eigenvalue weighted by Crippen LogP contribution is 2.05. The lowest BCUT2D eigenvalue weighted by Crippen LogP contribution is -2.35. The second kappa shape index (κ2) is 7.53. The van der Waals surface area contributed by atoms with Gasteiger partial charge in [-0.25, -0.2) is 4.79 Å². The molecule has 0 aliphatic carbocycles. The Morgan fingerprint density at radius 2 is 1.89 bits per heavy atom. The van der Waals surface area contributed by atoms with E-state index in [1.54, 1.807) is 24.3 Å². The molecular formula is C14H20N2O3. The number of carboxylic acids is 1. The van der Waals surface area contributed by atoms with Crippen LogP contribution in [0.15, 0.2) is 24.3 Å². The molecular weight excluding hydrogens is 244 g/mol. The second-order valence-corrected chi connectivity index (χ2v) is 4.50. The molecule has 0 saturated carbocycles. The van der Waals surface area contributed by atoms with E-state index in [4.69, 9.17) is 5.11 Å². The monoisotopic (exact) mass is 264 g/mol. The van der Waals surface area contributed by atoms with Crippen molar-refractivity contribution in [2.45, 2.75) is 13.3 Å². The molecule has 1 amide bonds. The third-order valence-electron chi connectivity index (χ3n) is 2.87. The standard InChI is InChI=1S/C14H20N2O3/c1-10(9-15-2)13(17)16-8-7-11-3-5-12(6-4-11)14(18)19/h3-6,10,15H,7-9H2,1-2H3,(H,16,17)(H,18,19). The summed E-state index contributed by atoms with van der Waals surface area (Å²) in [5.74, 6) is -0.961. The average molecular weight is 264 g/mol. The molecule has 0 bridgehead atoms. The molecule has 3 N–H and O–H groups in total. The number of rotatable bonds is 7. The second-order valence-electron chi connectivity index (χ2n) is 4.50. The highest BCUT2D eigenvalue weighted by Gasteiger charge is 2.10.